The van der Waals surface area contributed by atoms with Crippen molar-refractivity contribution in [2.75, 3.05) is 19.0 Å². The van der Waals surface area contributed by atoms with Crippen molar-refractivity contribution < 1.29 is 8.78 Å². The number of anilines is 1. The molecule has 0 aliphatic rings. The van der Waals surface area contributed by atoms with Crippen LogP contribution in [0.15, 0.2) is 18.2 Å². The Kier molecular flexibility index (Phi) is 3.11. The van der Waals surface area contributed by atoms with Crippen LogP contribution >= 0.6 is 11.6 Å². The number of hydrogen-bond donors (Lipinski definition) is 0. The van der Waals surface area contributed by atoms with Gasteiger partial charge in [0, 0.05) is 25.2 Å². The van der Waals surface area contributed by atoms with Gasteiger partial charge in [0.2, 0.25) is 0 Å². The van der Waals surface area contributed by atoms with E-state index in [4.69, 9.17) is 11.6 Å². The Hall–Kier alpha value is -1.49. The van der Waals surface area contributed by atoms with Gasteiger partial charge in [-0.15, -0.1) is 0 Å². The zero-order chi connectivity index (χ0) is 12.6. The third-order valence-corrected chi connectivity index (χ3v) is 2.65. The van der Waals surface area contributed by atoms with Crippen molar-refractivity contribution in [3.05, 3.63) is 29.2 Å². The summed E-state index contributed by atoms with van der Waals surface area (Å²) >= 11 is 5.88. The van der Waals surface area contributed by atoms with Crippen LogP contribution in [0.1, 0.15) is 12.2 Å². The second-order valence-electron chi connectivity index (χ2n) is 3.77. The first-order valence-corrected chi connectivity index (χ1v) is 5.29. The van der Waals surface area contributed by atoms with E-state index in [0.29, 0.717) is 10.9 Å². The highest BCUT2D eigenvalue weighted by Crippen LogP contribution is 2.27. The number of nitrogens with zero attached hydrogens (tertiary/aromatic N) is 3. The maximum atomic E-state index is 12.5. The predicted octanol–water partition coefficient (Wildman–Crippen LogP) is 3.29. The van der Waals surface area contributed by atoms with E-state index < -0.39 is 12.2 Å². The number of fused-ring (bicyclic) bond motifs is 1. The lowest BCUT2D eigenvalue weighted by Gasteiger charge is -2.13. The fraction of sp³-hybridized carbons (Fsp3) is 0.273. The van der Waals surface area contributed by atoms with Crippen molar-refractivity contribution in [3.8, 4) is 0 Å². The van der Waals surface area contributed by atoms with Gasteiger partial charge >= 0.3 is 0 Å². The molecule has 2 rings (SSSR count). The molecule has 0 saturated carbocycles. The molecule has 0 fully saturated rings. The summed E-state index contributed by atoms with van der Waals surface area (Å²) in [7, 11) is 3.76. The van der Waals surface area contributed by atoms with Crippen LogP contribution in [0, 0.1) is 0 Å². The van der Waals surface area contributed by atoms with E-state index in [1.807, 2.05) is 19.0 Å². The summed E-state index contributed by atoms with van der Waals surface area (Å²) in [4.78, 5) is 9.24. The molecule has 6 heteroatoms. The fourth-order valence-corrected chi connectivity index (χ4v) is 1.71. The van der Waals surface area contributed by atoms with Crippen LogP contribution in [0.25, 0.3) is 10.9 Å². The topological polar surface area (TPSA) is 29.0 Å². The van der Waals surface area contributed by atoms with Crippen molar-refractivity contribution in [1.82, 2.24) is 9.97 Å². The number of alkyl halides is 2. The van der Waals surface area contributed by atoms with E-state index in [1.54, 1.807) is 18.2 Å². The van der Waals surface area contributed by atoms with Crippen molar-refractivity contribution in [2.45, 2.75) is 6.43 Å². The summed E-state index contributed by atoms with van der Waals surface area (Å²) in [5.74, 6) is -0.542. The normalized spacial score (nSPS) is 11.2. The van der Waals surface area contributed by atoms with Gasteiger partial charge in [0.25, 0.3) is 6.43 Å². The predicted molar refractivity (Wildman–Crippen MR) is 63.8 cm³/mol. The molecular formula is C11H10ClF2N3. The molecule has 0 atom stereocenters. The SMILES string of the molecule is CN(C)c1ccc2nc(C(F)F)nc(Cl)c2c1. The zero-order valence-corrected chi connectivity index (χ0v) is 10.0. The molecule has 0 N–H and O–H groups in total. The van der Waals surface area contributed by atoms with Gasteiger partial charge in [-0.25, -0.2) is 18.7 Å². The first-order valence-electron chi connectivity index (χ1n) is 4.91. The summed E-state index contributed by atoms with van der Waals surface area (Å²) in [5.41, 5.74) is 1.33. The van der Waals surface area contributed by atoms with Crippen LogP contribution in [0.2, 0.25) is 5.15 Å². The second kappa shape index (κ2) is 4.41. The zero-order valence-electron chi connectivity index (χ0n) is 9.28. The fourth-order valence-electron chi connectivity index (χ4n) is 1.47. The van der Waals surface area contributed by atoms with Crippen LogP contribution in [-0.2, 0) is 0 Å². The largest absolute Gasteiger partial charge is 0.378 e. The van der Waals surface area contributed by atoms with E-state index in [2.05, 4.69) is 9.97 Å². The van der Waals surface area contributed by atoms with Gasteiger partial charge < -0.3 is 4.90 Å². The van der Waals surface area contributed by atoms with Gasteiger partial charge in [0.15, 0.2) is 5.82 Å². The molecule has 0 aliphatic heterocycles. The van der Waals surface area contributed by atoms with Crippen molar-refractivity contribution in [3.63, 3.8) is 0 Å². The van der Waals surface area contributed by atoms with Gasteiger partial charge in [0.05, 0.1) is 5.52 Å². The van der Waals surface area contributed by atoms with Gasteiger partial charge in [-0.2, -0.15) is 0 Å². The Labute approximate surface area is 102 Å². The molecule has 1 heterocycles. The molecule has 0 unspecified atom stereocenters. The Balaban J connectivity index is 2.64. The smallest absolute Gasteiger partial charge is 0.297 e. The summed E-state index contributed by atoms with van der Waals surface area (Å²) < 4.78 is 25.0. The Morgan fingerprint density at radius 1 is 1.24 bits per heavy atom. The number of halogens is 3. The van der Waals surface area contributed by atoms with E-state index in [0.717, 1.165) is 5.69 Å². The molecule has 0 bridgehead atoms. The molecule has 0 radical (unpaired) electrons. The van der Waals surface area contributed by atoms with Crippen LogP contribution in [0.5, 0.6) is 0 Å². The first-order chi connectivity index (χ1) is 7.99. The summed E-state index contributed by atoms with van der Waals surface area (Å²) in [6, 6.07) is 5.22. The van der Waals surface area contributed by atoms with E-state index in [-0.39, 0.29) is 5.15 Å². The number of aromatic nitrogens is 2. The molecule has 0 amide bonds. The maximum Gasteiger partial charge on any atom is 0.297 e. The molecule has 17 heavy (non-hydrogen) atoms. The molecule has 1 aromatic carbocycles. The van der Waals surface area contributed by atoms with Crippen LogP contribution in [-0.4, -0.2) is 24.1 Å². The van der Waals surface area contributed by atoms with Crippen molar-refractivity contribution >= 4 is 28.2 Å². The van der Waals surface area contributed by atoms with Crippen LogP contribution in [0.4, 0.5) is 14.5 Å². The molecule has 0 aliphatic carbocycles. The monoisotopic (exact) mass is 257 g/mol. The number of hydrogen-bond acceptors (Lipinski definition) is 3. The van der Waals surface area contributed by atoms with E-state index in [1.165, 1.54) is 0 Å². The minimum atomic E-state index is -2.72. The lowest BCUT2D eigenvalue weighted by molar-refractivity contribution is 0.141. The van der Waals surface area contributed by atoms with Gasteiger partial charge in [-0.05, 0) is 18.2 Å². The van der Waals surface area contributed by atoms with E-state index >= 15 is 0 Å². The van der Waals surface area contributed by atoms with Gasteiger partial charge in [0.1, 0.15) is 5.15 Å². The summed E-state index contributed by atoms with van der Waals surface area (Å²) in [6.07, 6.45) is -2.72. The summed E-state index contributed by atoms with van der Waals surface area (Å²) in [6.45, 7) is 0. The maximum absolute atomic E-state index is 12.5. The Morgan fingerprint density at radius 2 is 1.94 bits per heavy atom. The molecule has 0 saturated heterocycles. The Bertz CT molecular complexity index is 558. The average molecular weight is 258 g/mol. The highest BCUT2D eigenvalue weighted by molar-refractivity contribution is 6.34. The lowest BCUT2D eigenvalue weighted by atomic mass is 10.2. The average Bonchev–Trinajstić information content (AvgIpc) is 2.28. The number of rotatable bonds is 2. The van der Waals surface area contributed by atoms with Gasteiger partial charge in [-0.3, -0.25) is 0 Å². The van der Waals surface area contributed by atoms with Crippen molar-refractivity contribution in [1.29, 1.82) is 0 Å². The highest BCUT2D eigenvalue weighted by Gasteiger charge is 2.14. The quantitative estimate of drug-likeness (QED) is 0.773. The van der Waals surface area contributed by atoms with Crippen LogP contribution in [0.3, 0.4) is 0 Å². The summed E-state index contributed by atoms with van der Waals surface area (Å²) in [5, 5.41) is 0.622. The molecule has 2 aromatic rings. The minimum absolute atomic E-state index is 0.0500. The highest BCUT2D eigenvalue weighted by atomic mass is 35.5. The first kappa shape index (κ1) is 12.0. The molecule has 90 valence electrons. The van der Waals surface area contributed by atoms with Crippen LogP contribution < -0.4 is 4.90 Å². The molecule has 1 aromatic heterocycles. The molecular weight excluding hydrogens is 248 g/mol. The minimum Gasteiger partial charge on any atom is -0.378 e. The van der Waals surface area contributed by atoms with E-state index in [9.17, 15) is 8.78 Å². The lowest BCUT2D eigenvalue weighted by Crippen LogP contribution is -2.08. The molecule has 0 spiro atoms. The second-order valence-corrected chi connectivity index (χ2v) is 4.13. The molecule has 3 nitrogen and oxygen atoms in total. The van der Waals surface area contributed by atoms with Crippen molar-refractivity contribution in [2.24, 2.45) is 0 Å². The standard InChI is InChI=1S/C11H10ClF2N3/c1-17(2)6-3-4-8-7(5-6)9(12)16-11(15-8)10(13)14/h3-5,10H,1-2H3. The third kappa shape index (κ3) is 2.29. The Morgan fingerprint density at radius 3 is 2.53 bits per heavy atom. The third-order valence-electron chi connectivity index (χ3n) is 2.36. The number of benzene rings is 1. The van der Waals surface area contributed by atoms with Gasteiger partial charge in [-0.1, -0.05) is 11.6 Å².